The van der Waals surface area contributed by atoms with Crippen molar-refractivity contribution in [1.29, 1.82) is 0 Å². The molecule has 4 rings (SSSR count). The highest BCUT2D eigenvalue weighted by molar-refractivity contribution is 5.92. The fourth-order valence-corrected chi connectivity index (χ4v) is 3.14. The van der Waals surface area contributed by atoms with Gasteiger partial charge < -0.3 is 14.9 Å². The van der Waals surface area contributed by atoms with E-state index in [1.54, 1.807) is 6.20 Å². The smallest absolute Gasteiger partial charge is 0.156 e. The van der Waals surface area contributed by atoms with E-state index >= 15 is 0 Å². The van der Waals surface area contributed by atoms with E-state index in [0.717, 1.165) is 37.8 Å². The molecule has 1 aliphatic heterocycles. The number of piperazine rings is 1. The Bertz CT molecular complexity index is 840. The second-order valence-electron chi connectivity index (χ2n) is 5.82. The minimum atomic E-state index is -0.131. The van der Waals surface area contributed by atoms with Crippen LogP contribution in [-0.4, -0.2) is 46.2 Å². The molecule has 0 saturated carbocycles. The molecular formula is C18H19N5O. The van der Waals surface area contributed by atoms with Gasteiger partial charge in [-0.15, -0.1) is 0 Å². The molecule has 1 fully saturated rings. The summed E-state index contributed by atoms with van der Waals surface area (Å²) in [6.07, 6.45) is 3.58. The van der Waals surface area contributed by atoms with Crippen LogP contribution >= 0.6 is 0 Å². The van der Waals surface area contributed by atoms with Crippen molar-refractivity contribution in [2.75, 3.05) is 36.0 Å². The number of hydrogen-bond acceptors (Lipinski definition) is 6. The van der Waals surface area contributed by atoms with E-state index in [4.69, 9.17) is 0 Å². The maximum absolute atomic E-state index is 9.19. The van der Waals surface area contributed by atoms with Gasteiger partial charge in [0.25, 0.3) is 0 Å². The quantitative estimate of drug-likeness (QED) is 0.794. The zero-order valence-electron chi connectivity index (χ0n) is 13.3. The topological polar surface area (TPSA) is 65.4 Å². The van der Waals surface area contributed by atoms with E-state index in [9.17, 15) is 5.11 Å². The molecule has 1 aromatic carbocycles. The summed E-state index contributed by atoms with van der Waals surface area (Å²) in [7, 11) is 0. The van der Waals surface area contributed by atoms with Gasteiger partial charge in [0, 0.05) is 44.0 Å². The number of pyridine rings is 1. The summed E-state index contributed by atoms with van der Waals surface area (Å²) < 4.78 is 0. The van der Waals surface area contributed by atoms with E-state index in [2.05, 4.69) is 49.0 Å². The molecule has 3 aromatic rings. The van der Waals surface area contributed by atoms with Crippen LogP contribution in [0.2, 0.25) is 0 Å². The molecule has 0 amide bonds. The highest BCUT2D eigenvalue weighted by Gasteiger charge is 2.20. The lowest BCUT2D eigenvalue weighted by Crippen LogP contribution is -2.47. The van der Waals surface area contributed by atoms with Gasteiger partial charge in [-0.1, -0.05) is 24.3 Å². The summed E-state index contributed by atoms with van der Waals surface area (Å²) in [6.45, 7) is 3.38. The van der Waals surface area contributed by atoms with Gasteiger partial charge in [0.05, 0.1) is 0 Å². The number of aliphatic hydroxyl groups excluding tert-OH is 1. The van der Waals surface area contributed by atoms with Gasteiger partial charge in [0.2, 0.25) is 0 Å². The van der Waals surface area contributed by atoms with Crippen LogP contribution in [0.1, 0.15) is 5.82 Å². The first-order chi connectivity index (χ1) is 11.8. The molecule has 0 bridgehead atoms. The Hall–Kier alpha value is -2.73. The van der Waals surface area contributed by atoms with Crippen molar-refractivity contribution in [2.45, 2.75) is 6.61 Å². The van der Waals surface area contributed by atoms with E-state index in [1.165, 1.54) is 10.8 Å². The maximum Gasteiger partial charge on any atom is 0.156 e. The molecule has 122 valence electrons. The minimum Gasteiger partial charge on any atom is -0.388 e. The number of fused-ring (bicyclic) bond motifs is 1. The van der Waals surface area contributed by atoms with Gasteiger partial charge in [-0.25, -0.2) is 15.0 Å². The number of anilines is 2. The Morgan fingerprint density at radius 1 is 0.875 bits per heavy atom. The average molecular weight is 321 g/mol. The van der Waals surface area contributed by atoms with Crippen molar-refractivity contribution >= 4 is 22.4 Å². The molecule has 0 unspecified atom stereocenters. The van der Waals surface area contributed by atoms with Crippen molar-refractivity contribution in [3.8, 4) is 0 Å². The van der Waals surface area contributed by atoms with Crippen molar-refractivity contribution in [2.24, 2.45) is 0 Å². The zero-order valence-corrected chi connectivity index (χ0v) is 13.3. The van der Waals surface area contributed by atoms with Gasteiger partial charge in [-0.2, -0.15) is 0 Å². The molecule has 2 aromatic heterocycles. The SMILES string of the molecule is OCc1nccc(N2CCN(c3nccc4ccccc34)CC2)n1. The normalized spacial score (nSPS) is 15.0. The molecular weight excluding hydrogens is 302 g/mol. The summed E-state index contributed by atoms with van der Waals surface area (Å²) >= 11 is 0. The second-order valence-corrected chi connectivity index (χ2v) is 5.82. The van der Waals surface area contributed by atoms with Crippen LogP contribution in [0.4, 0.5) is 11.6 Å². The first-order valence-corrected chi connectivity index (χ1v) is 8.11. The number of nitrogens with zero attached hydrogens (tertiary/aromatic N) is 5. The van der Waals surface area contributed by atoms with E-state index in [-0.39, 0.29) is 6.61 Å². The maximum atomic E-state index is 9.19. The third kappa shape index (κ3) is 2.76. The van der Waals surface area contributed by atoms with E-state index < -0.39 is 0 Å². The predicted octanol–water partition coefficient (Wildman–Crippen LogP) is 1.84. The molecule has 24 heavy (non-hydrogen) atoms. The highest BCUT2D eigenvalue weighted by atomic mass is 16.3. The number of rotatable bonds is 3. The summed E-state index contributed by atoms with van der Waals surface area (Å²) in [5.41, 5.74) is 0. The molecule has 6 heteroatoms. The van der Waals surface area contributed by atoms with Gasteiger partial charge in [0.1, 0.15) is 18.2 Å². The second kappa shape index (κ2) is 6.41. The Morgan fingerprint density at radius 3 is 2.46 bits per heavy atom. The summed E-state index contributed by atoms with van der Waals surface area (Å²) in [5.74, 6) is 2.39. The lowest BCUT2D eigenvalue weighted by Gasteiger charge is -2.36. The fourth-order valence-electron chi connectivity index (χ4n) is 3.14. The molecule has 3 heterocycles. The van der Waals surface area contributed by atoms with E-state index in [1.807, 2.05) is 18.3 Å². The minimum absolute atomic E-state index is 0.131. The number of aliphatic hydroxyl groups is 1. The van der Waals surface area contributed by atoms with Gasteiger partial charge >= 0.3 is 0 Å². The Morgan fingerprint density at radius 2 is 1.62 bits per heavy atom. The Balaban J connectivity index is 1.53. The highest BCUT2D eigenvalue weighted by Crippen LogP contribution is 2.25. The van der Waals surface area contributed by atoms with Gasteiger partial charge in [0.15, 0.2) is 5.82 Å². The van der Waals surface area contributed by atoms with Crippen molar-refractivity contribution in [3.63, 3.8) is 0 Å². The van der Waals surface area contributed by atoms with Crippen LogP contribution in [0, 0.1) is 0 Å². The molecule has 0 radical (unpaired) electrons. The number of benzene rings is 1. The summed E-state index contributed by atoms with van der Waals surface area (Å²) in [4.78, 5) is 17.6. The van der Waals surface area contributed by atoms with Crippen molar-refractivity contribution in [1.82, 2.24) is 15.0 Å². The molecule has 1 N–H and O–H groups in total. The van der Waals surface area contributed by atoms with Crippen LogP contribution < -0.4 is 9.80 Å². The Kier molecular flexibility index (Phi) is 3.96. The third-order valence-electron chi connectivity index (χ3n) is 4.39. The lowest BCUT2D eigenvalue weighted by molar-refractivity contribution is 0.271. The first kappa shape index (κ1) is 14.8. The van der Waals surface area contributed by atoms with Gasteiger partial charge in [-0.3, -0.25) is 0 Å². The van der Waals surface area contributed by atoms with Crippen LogP contribution in [0.3, 0.4) is 0 Å². The van der Waals surface area contributed by atoms with Crippen molar-refractivity contribution < 1.29 is 5.11 Å². The van der Waals surface area contributed by atoms with Crippen LogP contribution in [0.5, 0.6) is 0 Å². The average Bonchev–Trinajstić information content (AvgIpc) is 2.68. The van der Waals surface area contributed by atoms with Crippen LogP contribution in [-0.2, 0) is 6.61 Å². The Labute approximate surface area is 140 Å². The van der Waals surface area contributed by atoms with E-state index in [0.29, 0.717) is 5.82 Å². The number of hydrogen-bond donors (Lipinski definition) is 1. The molecule has 1 aliphatic rings. The van der Waals surface area contributed by atoms with Crippen LogP contribution in [0.25, 0.3) is 10.8 Å². The van der Waals surface area contributed by atoms with Crippen LogP contribution in [0.15, 0.2) is 48.8 Å². The molecule has 0 atom stereocenters. The number of aromatic nitrogens is 3. The van der Waals surface area contributed by atoms with Crippen molar-refractivity contribution in [3.05, 3.63) is 54.6 Å². The lowest BCUT2D eigenvalue weighted by atomic mass is 10.1. The molecule has 1 saturated heterocycles. The van der Waals surface area contributed by atoms with Gasteiger partial charge in [-0.05, 0) is 17.5 Å². The monoisotopic (exact) mass is 321 g/mol. The first-order valence-electron chi connectivity index (χ1n) is 8.11. The summed E-state index contributed by atoms with van der Waals surface area (Å²) in [6, 6.07) is 12.3. The largest absolute Gasteiger partial charge is 0.388 e. The zero-order chi connectivity index (χ0) is 16.4. The standard InChI is InChI=1S/C18H19N5O/c24-13-16-19-8-6-17(21-16)22-9-11-23(12-10-22)18-15-4-2-1-3-14(15)5-7-20-18/h1-8,24H,9-13H2. The third-order valence-corrected chi connectivity index (χ3v) is 4.39. The predicted molar refractivity (Wildman–Crippen MR) is 94.1 cm³/mol. The summed E-state index contributed by atoms with van der Waals surface area (Å²) in [5, 5.41) is 11.6. The molecule has 0 spiro atoms. The molecule has 0 aliphatic carbocycles. The molecule has 6 nitrogen and oxygen atoms in total. The fraction of sp³-hybridized carbons (Fsp3) is 0.278.